The van der Waals surface area contributed by atoms with Gasteiger partial charge in [0.2, 0.25) is 5.91 Å². The number of benzene rings is 1. The molecule has 0 aliphatic carbocycles. The van der Waals surface area contributed by atoms with Gasteiger partial charge in [-0.05, 0) is 65.0 Å². The van der Waals surface area contributed by atoms with Crippen LogP contribution < -0.4 is 11.0 Å². The highest BCUT2D eigenvalue weighted by Crippen LogP contribution is 2.42. The average molecular weight is 471 g/mol. The van der Waals surface area contributed by atoms with Crippen molar-refractivity contribution in [1.29, 1.82) is 0 Å². The molecular formula is C25H38N6O3. The molecule has 0 bridgehead atoms. The van der Waals surface area contributed by atoms with E-state index in [4.69, 9.17) is 0 Å². The first-order valence-electron chi connectivity index (χ1n) is 12.5. The van der Waals surface area contributed by atoms with E-state index in [2.05, 4.69) is 33.1 Å². The molecule has 0 saturated carbocycles. The number of aromatic nitrogens is 2. The highest BCUT2D eigenvalue weighted by molar-refractivity contribution is 5.95. The van der Waals surface area contributed by atoms with Gasteiger partial charge >= 0.3 is 11.7 Å². The number of hydrogen-bond acceptors (Lipinski definition) is 5. The van der Waals surface area contributed by atoms with Gasteiger partial charge in [-0.3, -0.25) is 19.2 Å². The lowest BCUT2D eigenvalue weighted by molar-refractivity contribution is -0.135. The van der Waals surface area contributed by atoms with Crippen LogP contribution in [0.4, 0.5) is 4.79 Å². The van der Waals surface area contributed by atoms with Gasteiger partial charge in [-0.2, -0.15) is 0 Å². The summed E-state index contributed by atoms with van der Waals surface area (Å²) in [5.74, 6) is -0.209. The van der Waals surface area contributed by atoms with Crippen molar-refractivity contribution < 1.29 is 9.59 Å². The van der Waals surface area contributed by atoms with E-state index in [9.17, 15) is 14.4 Å². The highest BCUT2D eigenvalue weighted by atomic mass is 16.2. The summed E-state index contributed by atoms with van der Waals surface area (Å²) in [6, 6.07) is 5.88. The van der Waals surface area contributed by atoms with Crippen molar-refractivity contribution >= 4 is 23.0 Å². The van der Waals surface area contributed by atoms with Crippen LogP contribution in [0.25, 0.3) is 11.0 Å². The number of imide groups is 1. The normalized spacial score (nSPS) is 22.1. The Balaban J connectivity index is 1.56. The molecule has 2 aromatic rings. The summed E-state index contributed by atoms with van der Waals surface area (Å²) in [7, 11) is 4.00. The fourth-order valence-corrected chi connectivity index (χ4v) is 5.73. The molecule has 1 fully saturated rings. The Morgan fingerprint density at radius 2 is 2.00 bits per heavy atom. The largest absolute Gasteiger partial charge is 0.338 e. The molecule has 3 amide bonds. The van der Waals surface area contributed by atoms with Crippen molar-refractivity contribution in [2.24, 2.45) is 5.92 Å². The minimum Gasteiger partial charge on any atom is -0.338 e. The third kappa shape index (κ3) is 4.63. The molecule has 3 unspecified atom stereocenters. The van der Waals surface area contributed by atoms with E-state index in [1.165, 1.54) is 4.90 Å². The maximum absolute atomic E-state index is 13.6. The number of urea groups is 1. The Morgan fingerprint density at radius 1 is 1.21 bits per heavy atom. The summed E-state index contributed by atoms with van der Waals surface area (Å²) in [6.07, 6.45) is 2.49. The molecule has 2 aliphatic heterocycles. The monoisotopic (exact) mass is 470 g/mol. The topological polar surface area (TPSA) is 93.7 Å². The molecule has 1 aromatic carbocycles. The summed E-state index contributed by atoms with van der Waals surface area (Å²) in [5.41, 5.74) is 2.87. The number of hydrogen-bond donors (Lipinski definition) is 2. The van der Waals surface area contributed by atoms with Gasteiger partial charge in [-0.1, -0.05) is 19.1 Å². The Kier molecular flexibility index (Phi) is 7.42. The zero-order chi connectivity index (χ0) is 24.4. The van der Waals surface area contributed by atoms with Crippen molar-refractivity contribution in [3.8, 4) is 0 Å². The van der Waals surface area contributed by atoms with Gasteiger partial charge in [0.05, 0.1) is 17.0 Å². The van der Waals surface area contributed by atoms with E-state index < -0.39 is 0 Å². The minimum atomic E-state index is -0.305. The fraction of sp³-hybridized carbons (Fsp3) is 0.640. The van der Waals surface area contributed by atoms with Crippen LogP contribution in [0, 0.1) is 5.92 Å². The number of nitrogens with zero attached hydrogens (tertiary/aromatic N) is 4. The maximum Gasteiger partial charge on any atom is 0.326 e. The second kappa shape index (κ2) is 10.3. The number of H-pyrrole nitrogens is 1. The molecule has 9 heteroatoms. The number of likely N-dealkylation sites (tertiary alicyclic amines) is 1. The molecule has 34 heavy (non-hydrogen) atoms. The molecule has 0 spiro atoms. The van der Waals surface area contributed by atoms with E-state index in [-0.39, 0.29) is 35.5 Å². The van der Waals surface area contributed by atoms with Gasteiger partial charge in [0.1, 0.15) is 0 Å². The number of para-hydroxylation sites is 1. The molecule has 9 nitrogen and oxygen atoms in total. The number of rotatable bonds is 8. The lowest BCUT2D eigenvalue weighted by atomic mass is 9.76. The van der Waals surface area contributed by atoms with Crippen LogP contribution in [0.3, 0.4) is 0 Å². The Morgan fingerprint density at radius 3 is 2.71 bits per heavy atom. The van der Waals surface area contributed by atoms with Crippen molar-refractivity contribution in [2.45, 2.75) is 51.6 Å². The van der Waals surface area contributed by atoms with Gasteiger partial charge in [0, 0.05) is 38.1 Å². The Hall–Kier alpha value is -2.65. The lowest BCUT2D eigenvalue weighted by Gasteiger charge is -2.47. The average Bonchev–Trinajstić information content (AvgIpc) is 3.13. The minimum absolute atomic E-state index is 0.0707. The van der Waals surface area contributed by atoms with Crippen LogP contribution >= 0.6 is 0 Å². The van der Waals surface area contributed by atoms with E-state index in [1.54, 1.807) is 0 Å². The van der Waals surface area contributed by atoms with Gasteiger partial charge in [-0.25, -0.2) is 9.59 Å². The molecule has 2 aliphatic rings. The molecule has 3 heterocycles. The molecule has 186 valence electrons. The Bertz CT molecular complexity index is 1090. The number of fused-ring (bicyclic) bond motifs is 2. The maximum atomic E-state index is 13.6. The van der Waals surface area contributed by atoms with Crippen LogP contribution in [0.5, 0.6) is 0 Å². The quantitative estimate of drug-likeness (QED) is 0.576. The van der Waals surface area contributed by atoms with E-state index in [1.807, 2.05) is 37.7 Å². The molecule has 1 aromatic heterocycles. The SMILES string of the molecule is CCCN1CC(C(=O)N(CC)C(=O)NCCCN(C)C)CC2c3cccc4[nH]c(=O)n(c34)CC21. The molecule has 4 rings (SSSR count). The first-order valence-corrected chi connectivity index (χ1v) is 12.5. The third-order valence-corrected chi connectivity index (χ3v) is 7.27. The first kappa shape index (κ1) is 24.5. The van der Waals surface area contributed by atoms with Crippen molar-refractivity contribution in [3.05, 3.63) is 34.2 Å². The number of piperidine rings is 1. The second-order valence-electron chi connectivity index (χ2n) is 9.86. The summed E-state index contributed by atoms with van der Waals surface area (Å²) in [5, 5.41) is 2.92. The highest BCUT2D eigenvalue weighted by Gasteiger charge is 2.44. The summed E-state index contributed by atoms with van der Waals surface area (Å²) in [4.78, 5) is 47.8. The van der Waals surface area contributed by atoms with Crippen molar-refractivity contribution in [3.63, 3.8) is 0 Å². The number of amides is 3. The van der Waals surface area contributed by atoms with E-state index in [0.29, 0.717) is 32.6 Å². The molecule has 2 N–H and O–H groups in total. The molecule has 0 radical (unpaired) electrons. The predicted molar refractivity (Wildman–Crippen MR) is 133 cm³/mol. The zero-order valence-corrected chi connectivity index (χ0v) is 20.8. The van der Waals surface area contributed by atoms with Crippen LogP contribution in [0.15, 0.2) is 23.0 Å². The number of carbonyl (C=O) groups is 2. The predicted octanol–water partition coefficient (Wildman–Crippen LogP) is 2.04. The van der Waals surface area contributed by atoms with Crippen LogP contribution in [-0.4, -0.2) is 89.1 Å². The van der Waals surface area contributed by atoms with Crippen LogP contribution in [0.2, 0.25) is 0 Å². The van der Waals surface area contributed by atoms with Gasteiger partial charge in [-0.15, -0.1) is 0 Å². The summed E-state index contributed by atoms with van der Waals surface area (Å²) < 4.78 is 1.86. The summed E-state index contributed by atoms with van der Waals surface area (Å²) in [6.45, 7) is 7.87. The number of nitrogens with one attached hydrogen (secondary N) is 2. The number of aromatic amines is 1. The standard InChI is InChI=1S/C25H38N6O3/c1-5-12-29-15-17(23(32)30(6-2)24(33)26-11-8-13-28(3)4)14-19-18-9-7-10-20-22(18)31(16-21(19)29)25(34)27-20/h7,9-10,17,19,21H,5-6,8,11-16H2,1-4H3,(H,26,33)(H,27,34). The van der Waals surface area contributed by atoms with Crippen molar-refractivity contribution in [1.82, 2.24) is 29.6 Å². The van der Waals surface area contributed by atoms with Crippen molar-refractivity contribution in [2.75, 3.05) is 46.8 Å². The molecule has 1 saturated heterocycles. The molecule has 3 atom stereocenters. The van der Waals surface area contributed by atoms with Gasteiger partial charge in [0.25, 0.3) is 0 Å². The second-order valence-corrected chi connectivity index (χ2v) is 9.86. The smallest absolute Gasteiger partial charge is 0.326 e. The Labute approximate surface area is 201 Å². The number of carbonyl (C=O) groups excluding carboxylic acids is 2. The number of imidazole rings is 1. The van der Waals surface area contributed by atoms with Gasteiger partial charge in [0.15, 0.2) is 0 Å². The van der Waals surface area contributed by atoms with Crippen LogP contribution in [-0.2, 0) is 11.3 Å². The lowest BCUT2D eigenvalue weighted by Crippen LogP contribution is -2.56. The summed E-state index contributed by atoms with van der Waals surface area (Å²) >= 11 is 0. The van der Waals surface area contributed by atoms with E-state index >= 15 is 0 Å². The zero-order valence-electron chi connectivity index (χ0n) is 20.8. The fourth-order valence-electron chi connectivity index (χ4n) is 5.73. The molecular weight excluding hydrogens is 432 g/mol. The van der Waals surface area contributed by atoms with Crippen LogP contribution in [0.1, 0.15) is 44.6 Å². The third-order valence-electron chi connectivity index (χ3n) is 7.27. The first-order chi connectivity index (χ1) is 16.3. The van der Waals surface area contributed by atoms with Gasteiger partial charge < -0.3 is 15.2 Å². The van der Waals surface area contributed by atoms with E-state index in [0.717, 1.165) is 42.5 Å².